The maximum Gasteiger partial charge on any atom is 0.305 e. The largest absolute Gasteiger partial charge is 0.481 e. The van der Waals surface area contributed by atoms with Crippen LogP contribution in [0.5, 0.6) is 0 Å². The number of hydrogen-bond acceptors (Lipinski definition) is 5. The number of carbonyl (C=O) groups excluding carboxylic acids is 1. The predicted molar refractivity (Wildman–Crippen MR) is 133 cm³/mol. The lowest BCUT2D eigenvalue weighted by Crippen LogP contribution is -2.56. The standard InChI is InChI=1S/C27H25N3O3S/c31-25(32)15-21-18-29(27(33)23-16-28-17-24-22(23)11-14-34-24)12-13-30(21)26(19-7-3-1-4-8-19)20-9-5-2-6-10-20/h1-11,14,16-17,21,26H,12-13,15,18H2,(H,31,32). The quantitative estimate of drug-likeness (QED) is 0.442. The van der Waals surface area contributed by atoms with Crippen molar-refractivity contribution >= 4 is 33.3 Å². The normalized spacial score (nSPS) is 16.7. The Morgan fingerprint density at radius 3 is 2.29 bits per heavy atom. The highest BCUT2D eigenvalue weighted by atomic mass is 32.1. The number of hydrogen-bond donors (Lipinski definition) is 1. The van der Waals surface area contributed by atoms with Crippen molar-refractivity contribution < 1.29 is 14.7 Å². The van der Waals surface area contributed by atoms with Crippen molar-refractivity contribution in [1.29, 1.82) is 0 Å². The first-order valence-corrected chi connectivity index (χ1v) is 12.2. The van der Waals surface area contributed by atoms with Crippen molar-refractivity contribution in [2.75, 3.05) is 19.6 Å². The fourth-order valence-corrected chi connectivity index (χ4v) is 5.63. The Morgan fingerprint density at radius 2 is 1.65 bits per heavy atom. The molecule has 1 atom stereocenters. The van der Waals surface area contributed by atoms with Gasteiger partial charge in [0.15, 0.2) is 0 Å². The van der Waals surface area contributed by atoms with Crippen LogP contribution in [-0.4, -0.2) is 57.4 Å². The van der Waals surface area contributed by atoms with Crippen LogP contribution >= 0.6 is 11.3 Å². The van der Waals surface area contributed by atoms with E-state index in [9.17, 15) is 14.7 Å². The summed E-state index contributed by atoms with van der Waals surface area (Å²) in [7, 11) is 0. The van der Waals surface area contributed by atoms with E-state index in [-0.39, 0.29) is 24.4 Å². The van der Waals surface area contributed by atoms with Crippen LogP contribution in [0.1, 0.15) is 33.9 Å². The van der Waals surface area contributed by atoms with Crippen LogP contribution in [-0.2, 0) is 4.79 Å². The highest BCUT2D eigenvalue weighted by Crippen LogP contribution is 2.33. The first-order valence-electron chi connectivity index (χ1n) is 11.3. The molecule has 1 fully saturated rings. The summed E-state index contributed by atoms with van der Waals surface area (Å²) in [6, 6.07) is 21.8. The number of piperazine rings is 1. The molecule has 0 saturated carbocycles. The van der Waals surface area contributed by atoms with Gasteiger partial charge in [0.1, 0.15) is 0 Å². The second kappa shape index (κ2) is 9.75. The molecule has 0 radical (unpaired) electrons. The summed E-state index contributed by atoms with van der Waals surface area (Å²) >= 11 is 1.55. The van der Waals surface area contributed by atoms with Gasteiger partial charge in [-0.1, -0.05) is 60.7 Å². The number of nitrogens with zero attached hydrogens (tertiary/aromatic N) is 3. The number of rotatable bonds is 6. The molecule has 4 aromatic rings. The van der Waals surface area contributed by atoms with Gasteiger partial charge >= 0.3 is 5.97 Å². The average molecular weight is 472 g/mol. The number of aliphatic carboxylic acids is 1. The van der Waals surface area contributed by atoms with Crippen molar-refractivity contribution in [2.45, 2.75) is 18.5 Å². The van der Waals surface area contributed by atoms with Gasteiger partial charge in [0.2, 0.25) is 0 Å². The summed E-state index contributed by atoms with van der Waals surface area (Å²) in [5, 5.41) is 12.6. The van der Waals surface area contributed by atoms with Crippen LogP contribution < -0.4 is 0 Å². The van der Waals surface area contributed by atoms with E-state index in [1.165, 1.54) is 0 Å². The Hall–Kier alpha value is -3.55. The van der Waals surface area contributed by atoms with E-state index in [0.29, 0.717) is 25.2 Å². The molecule has 172 valence electrons. The van der Waals surface area contributed by atoms with E-state index in [2.05, 4.69) is 34.1 Å². The Balaban J connectivity index is 1.47. The highest BCUT2D eigenvalue weighted by Gasteiger charge is 2.36. The summed E-state index contributed by atoms with van der Waals surface area (Å²) in [6.07, 6.45) is 3.35. The second-order valence-corrected chi connectivity index (χ2v) is 9.43. The lowest BCUT2D eigenvalue weighted by Gasteiger charge is -2.45. The Kier molecular flexibility index (Phi) is 6.38. The molecule has 1 N–H and O–H groups in total. The molecule has 2 aromatic heterocycles. The molecule has 1 unspecified atom stereocenters. The summed E-state index contributed by atoms with van der Waals surface area (Å²) in [5.74, 6) is -0.965. The van der Waals surface area contributed by atoms with Gasteiger partial charge < -0.3 is 10.0 Å². The number of aromatic nitrogens is 1. The van der Waals surface area contributed by atoms with E-state index in [4.69, 9.17) is 0 Å². The third-order valence-electron chi connectivity index (χ3n) is 6.40. The van der Waals surface area contributed by atoms with Gasteiger partial charge in [-0.3, -0.25) is 19.5 Å². The minimum absolute atomic E-state index is 0.0408. The van der Waals surface area contributed by atoms with Crippen molar-refractivity contribution in [1.82, 2.24) is 14.8 Å². The Bertz CT molecular complexity index is 1250. The molecule has 1 amide bonds. The van der Waals surface area contributed by atoms with Gasteiger partial charge in [-0.05, 0) is 22.6 Å². The van der Waals surface area contributed by atoms with E-state index in [1.807, 2.05) is 47.8 Å². The van der Waals surface area contributed by atoms with Gasteiger partial charge in [-0.15, -0.1) is 11.3 Å². The maximum absolute atomic E-state index is 13.5. The van der Waals surface area contributed by atoms with Gasteiger partial charge in [0.05, 0.1) is 22.7 Å². The molecule has 0 bridgehead atoms. The van der Waals surface area contributed by atoms with Crippen LogP contribution in [0.2, 0.25) is 0 Å². The minimum Gasteiger partial charge on any atom is -0.481 e. The Labute approximate surface area is 202 Å². The molecule has 1 aliphatic rings. The second-order valence-electron chi connectivity index (χ2n) is 8.48. The fourth-order valence-electron chi connectivity index (χ4n) is 4.86. The molecule has 1 aliphatic heterocycles. The third kappa shape index (κ3) is 4.44. The van der Waals surface area contributed by atoms with E-state index < -0.39 is 5.97 Å². The third-order valence-corrected chi connectivity index (χ3v) is 7.25. The van der Waals surface area contributed by atoms with Gasteiger partial charge in [0.25, 0.3) is 5.91 Å². The van der Waals surface area contributed by atoms with Crippen molar-refractivity contribution in [3.63, 3.8) is 0 Å². The molecule has 7 heteroatoms. The number of thiophene rings is 1. The van der Waals surface area contributed by atoms with Gasteiger partial charge in [0, 0.05) is 43.5 Å². The zero-order valence-electron chi connectivity index (χ0n) is 18.6. The monoisotopic (exact) mass is 471 g/mol. The maximum atomic E-state index is 13.5. The smallest absolute Gasteiger partial charge is 0.305 e. The van der Waals surface area contributed by atoms with Crippen LogP contribution in [0.3, 0.4) is 0 Å². The minimum atomic E-state index is -0.870. The van der Waals surface area contributed by atoms with Crippen molar-refractivity contribution in [2.24, 2.45) is 0 Å². The van der Waals surface area contributed by atoms with Crippen LogP contribution in [0.4, 0.5) is 0 Å². The first-order chi connectivity index (χ1) is 16.6. The fraction of sp³-hybridized carbons (Fsp3) is 0.222. The number of carboxylic acids is 1. The molecule has 0 aliphatic carbocycles. The molecule has 2 aromatic carbocycles. The topological polar surface area (TPSA) is 73.7 Å². The SMILES string of the molecule is O=C(O)CC1CN(C(=O)c2cncc3sccc23)CCN1C(c1ccccc1)c1ccccc1. The number of amides is 1. The molecule has 5 rings (SSSR count). The summed E-state index contributed by atoms with van der Waals surface area (Å²) in [6.45, 7) is 1.44. The lowest BCUT2D eigenvalue weighted by atomic mass is 9.93. The highest BCUT2D eigenvalue weighted by molar-refractivity contribution is 7.17. The molecule has 34 heavy (non-hydrogen) atoms. The molecule has 0 spiro atoms. The van der Waals surface area contributed by atoms with E-state index in [0.717, 1.165) is 21.2 Å². The van der Waals surface area contributed by atoms with Crippen LogP contribution in [0.15, 0.2) is 84.5 Å². The summed E-state index contributed by atoms with van der Waals surface area (Å²) in [4.78, 5) is 33.6. The van der Waals surface area contributed by atoms with Gasteiger partial charge in [-0.2, -0.15) is 0 Å². The Morgan fingerprint density at radius 1 is 0.971 bits per heavy atom. The first kappa shape index (κ1) is 22.3. The molecule has 6 nitrogen and oxygen atoms in total. The van der Waals surface area contributed by atoms with Crippen molar-refractivity contribution in [3.8, 4) is 0 Å². The number of carbonyl (C=O) groups is 2. The summed E-state index contributed by atoms with van der Waals surface area (Å²) < 4.78 is 0.972. The predicted octanol–water partition coefficient (Wildman–Crippen LogP) is 4.69. The molecular weight excluding hydrogens is 446 g/mol. The van der Waals surface area contributed by atoms with E-state index >= 15 is 0 Å². The number of carboxylic acid groups (broad SMARTS) is 1. The molecule has 1 saturated heterocycles. The van der Waals surface area contributed by atoms with Crippen molar-refractivity contribution in [3.05, 3.63) is 101 Å². The zero-order chi connectivity index (χ0) is 23.5. The molecular formula is C27H25N3O3S. The lowest BCUT2D eigenvalue weighted by molar-refractivity contribution is -0.139. The summed E-state index contributed by atoms with van der Waals surface area (Å²) in [5.41, 5.74) is 2.79. The van der Waals surface area contributed by atoms with Gasteiger partial charge in [-0.25, -0.2) is 0 Å². The number of pyridine rings is 1. The number of fused-ring (bicyclic) bond motifs is 1. The van der Waals surface area contributed by atoms with Crippen LogP contribution in [0.25, 0.3) is 10.1 Å². The van der Waals surface area contributed by atoms with Crippen LogP contribution in [0, 0.1) is 0 Å². The zero-order valence-corrected chi connectivity index (χ0v) is 19.4. The van der Waals surface area contributed by atoms with E-state index in [1.54, 1.807) is 28.6 Å². The average Bonchev–Trinajstić information content (AvgIpc) is 3.35. The molecule has 3 heterocycles. The number of benzene rings is 2.